The van der Waals surface area contributed by atoms with E-state index in [1.807, 2.05) is 0 Å². The Morgan fingerprint density at radius 1 is 1.15 bits per heavy atom. The highest BCUT2D eigenvalue weighted by atomic mass is 19.1. The van der Waals surface area contributed by atoms with Crippen LogP contribution in [0.25, 0.3) is 0 Å². The van der Waals surface area contributed by atoms with E-state index in [0.29, 0.717) is 5.56 Å². The van der Waals surface area contributed by atoms with E-state index in [1.54, 1.807) is 37.9 Å². The van der Waals surface area contributed by atoms with Crippen LogP contribution < -0.4 is 5.32 Å². The molecule has 0 aliphatic carbocycles. The average Bonchev–Trinajstić information content (AvgIpc) is 2.54. The first-order chi connectivity index (χ1) is 12.2. The van der Waals surface area contributed by atoms with Crippen molar-refractivity contribution in [2.24, 2.45) is 0 Å². The van der Waals surface area contributed by atoms with Gasteiger partial charge in [0.15, 0.2) is 0 Å². The largest absolute Gasteiger partial charge is 0.464 e. The number of benzene rings is 1. The number of carbonyl (C=O) groups is 3. The van der Waals surface area contributed by atoms with E-state index in [9.17, 15) is 18.8 Å². The Labute approximate surface area is 152 Å². The van der Waals surface area contributed by atoms with Crippen LogP contribution in [0.1, 0.15) is 26.3 Å². The molecule has 0 saturated carbocycles. The fraction of sp³-hybridized carbons (Fsp3) is 0.500. The highest BCUT2D eigenvalue weighted by Crippen LogP contribution is 2.16. The molecule has 0 fully saturated rings. The van der Waals surface area contributed by atoms with Crippen molar-refractivity contribution in [2.45, 2.75) is 32.9 Å². The van der Waals surface area contributed by atoms with Crippen LogP contribution in [0.4, 0.5) is 4.39 Å². The topological polar surface area (TPSA) is 84.9 Å². The van der Waals surface area contributed by atoms with E-state index in [-0.39, 0.29) is 32.1 Å². The van der Waals surface area contributed by atoms with Crippen molar-refractivity contribution >= 4 is 17.8 Å². The van der Waals surface area contributed by atoms with Crippen molar-refractivity contribution in [3.8, 4) is 0 Å². The van der Waals surface area contributed by atoms with Gasteiger partial charge >= 0.3 is 11.9 Å². The lowest BCUT2D eigenvalue weighted by molar-refractivity contribution is -0.169. The number of ether oxygens (including phenoxy) is 2. The van der Waals surface area contributed by atoms with E-state index in [2.05, 4.69) is 5.32 Å². The van der Waals surface area contributed by atoms with E-state index < -0.39 is 23.4 Å². The van der Waals surface area contributed by atoms with Gasteiger partial charge in [0.2, 0.25) is 11.4 Å². The molecule has 0 radical (unpaired) electrons. The fourth-order valence-electron chi connectivity index (χ4n) is 2.57. The number of halogens is 1. The fourth-order valence-corrected chi connectivity index (χ4v) is 2.57. The van der Waals surface area contributed by atoms with Crippen LogP contribution in [0.2, 0.25) is 0 Å². The third-order valence-electron chi connectivity index (χ3n) is 3.49. The molecule has 0 spiro atoms. The van der Waals surface area contributed by atoms with E-state index >= 15 is 0 Å². The van der Waals surface area contributed by atoms with Gasteiger partial charge in [-0.2, -0.15) is 0 Å². The number of rotatable bonds is 9. The predicted molar refractivity (Wildman–Crippen MR) is 92.5 cm³/mol. The molecule has 26 heavy (non-hydrogen) atoms. The summed E-state index contributed by atoms with van der Waals surface area (Å²) in [6.07, 6.45) is 0. The van der Waals surface area contributed by atoms with Crippen LogP contribution in [0.5, 0.6) is 0 Å². The number of nitrogens with one attached hydrogen (secondary N) is 1. The van der Waals surface area contributed by atoms with Crippen LogP contribution >= 0.6 is 0 Å². The monoisotopic (exact) mass is 368 g/mol. The summed E-state index contributed by atoms with van der Waals surface area (Å²) in [5.41, 5.74) is -1.35. The molecule has 7 nitrogen and oxygen atoms in total. The maximum absolute atomic E-state index is 13.4. The summed E-state index contributed by atoms with van der Waals surface area (Å²) in [5.74, 6) is -2.77. The molecule has 1 aromatic carbocycles. The smallest absolute Gasteiger partial charge is 0.345 e. The maximum atomic E-state index is 13.4. The normalized spacial score (nSPS) is 11.2. The minimum atomic E-state index is -2.00. The summed E-state index contributed by atoms with van der Waals surface area (Å²) in [6.45, 7) is 4.51. The first-order valence-electron chi connectivity index (χ1n) is 8.31. The molecular formula is C18H25FN2O5. The van der Waals surface area contributed by atoms with E-state index in [4.69, 9.17) is 9.47 Å². The molecule has 1 N–H and O–H groups in total. The number of esters is 2. The molecule has 0 heterocycles. The van der Waals surface area contributed by atoms with Crippen LogP contribution in [-0.2, 0) is 30.4 Å². The second kappa shape index (κ2) is 9.86. The quantitative estimate of drug-likeness (QED) is 0.522. The van der Waals surface area contributed by atoms with Crippen molar-refractivity contribution < 1.29 is 28.2 Å². The summed E-state index contributed by atoms with van der Waals surface area (Å²) in [4.78, 5) is 38.3. The molecule has 0 atom stereocenters. The zero-order valence-electron chi connectivity index (χ0n) is 15.5. The third kappa shape index (κ3) is 5.80. The van der Waals surface area contributed by atoms with E-state index in [0.717, 1.165) is 0 Å². The Bertz CT molecular complexity index is 632. The SMILES string of the molecule is CCOC(=O)C(CN(C)Cc1cccc(F)c1)(NC(C)=O)C(=O)OCC. The van der Waals surface area contributed by atoms with Gasteiger partial charge in [-0.15, -0.1) is 0 Å². The predicted octanol–water partition coefficient (Wildman–Crippen LogP) is 1.26. The summed E-state index contributed by atoms with van der Waals surface area (Å²) in [6, 6.07) is 5.96. The summed E-state index contributed by atoms with van der Waals surface area (Å²) in [7, 11) is 1.64. The first-order valence-corrected chi connectivity index (χ1v) is 8.31. The highest BCUT2D eigenvalue weighted by Gasteiger charge is 2.50. The van der Waals surface area contributed by atoms with E-state index in [1.165, 1.54) is 19.1 Å². The second-order valence-electron chi connectivity index (χ2n) is 5.83. The van der Waals surface area contributed by atoms with Gasteiger partial charge in [-0.3, -0.25) is 9.69 Å². The third-order valence-corrected chi connectivity index (χ3v) is 3.49. The average molecular weight is 368 g/mol. The molecule has 0 bridgehead atoms. The van der Waals surface area contributed by atoms with Gasteiger partial charge in [0, 0.05) is 20.0 Å². The Morgan fingerprint density at radius 3 is 2.19 bits per heavy atom. The van der Waals surface area contributed by atoms with Crippen LogP contribution in [-0.4, -0.2) is 55.1 Å². The van der Waals surface area contributed by atoms with Gasteiger partial charge in [0.25, 0.3) is 0 Å². The molecule has 1 amide bonds. The van der Waals surface area contributed by atoms with Gasteiger partial charge in [0.1, 0.15) is 5.82 Å². The number of nitrogens with zero attached hydrogens (tertiary/aromatic N) is 1. The molecule has 0 unspecified atom stereocenters. The number of amides is 1. The number of likely N-dealkylation sites (N-methyl/N-ethyl adjacent to an activating group) is 1. The van der Waals surface area contributed by atoms with Gasteiger partial charge in [-0.1, -0.05) is 12.1 Å². The minimum absolute atomic E-state index is 0.0349. The van der Waals surface area contributed by atoms with Crippen molar-refractivity contribution in [2.75, 3.05) is 26.8 Å². The molecule has 0 aliphatic heterocycles. The van der Waals surface area contributed by atoms with Gasteiger partial charge in [0.05, 0.1) is 13.2 Å². The minimum Gasteiger partial charge on any atom is -0.464 e. The molecular weight excluding hydrogens is 343 g/mol. The summed E-state index contributed by atoms with van der Waals surface area (Å²) < 4.78 is 23.4. The Balaban J connectivity index is 3.13. The summed E-state index contributed by atoms with van der Waals surface area (Å²) >= 11 is 0. The zero-order valence-corrected chi connectivity index (χ0v) is 15.5. The van der Waals surface area contributed by atoms with Crippen molar-refractivity contribution in [3.63, 3.8) is 0 Å². The maximum Gasteiger partial charge on any atom is 0.345 e. The number of hydrogen-bond donors (Lipinski definition) is 1. The number of hydrogen-bond acceptors (Lipinski definition) is 6. The molecule has 8 heteroatoms. The van der Waals surface area contributed by atoms with Gasteiger partial charge < -0.3 is 14.8 Å². The van der Waals surface area contributed by atoms with Crippen LogP contribution in [0.15, 0.2) is 24.3 Å². The first kappa shape index (κ1) is 21.6. The lowest BCUT2D eigenvalue weighted by Crippen LogP contribution is -2.66. The van der Waals surface area contributed by atoms with Crippen LogP contribution in [0.3, 0.4) is 0 Å². The Morgan fingerprint density at radius 2 is 1.73 bits per heavy atom. The second-order valence-corrected chi connectivity index (χ2v) is 5.83. The highest BCUT2D eigenvalue weighted by molar-refractivity contribution is 6.08. The lowest BCUT2D eigenvalue weighted by atomic mass is 9.98. The number of carbonyl (C=O) groups excluding carboxylic acids is 3. The van der Waals surface area contributed by atoms with Crippen LogP contribution in [0, 0.1) is 5.82 Å². The molecule has 0 aliphatic rings. The molecule has 1 rings (SSSR count). The summed E-state index contributed by atoms with van der Waals surface area (Å²) in [5, 5.41) is 2.39. The molecule has 0 aromatic heterocycles. The molecule has 0 saturated heterocycles. The van der Waals surface area contributed by atoms with Crippen molar-refractivity contribution in [1.82, 2.24) is 10.2 Å². The zero-order chi connectivity index (χ0) is 19.7. The standard InChI is InChI=1S/C18H25FN2O5/c1-5-25-16(23)18(20-13(3)22,17(24)26-6-2)12-21(4)11-14-8-7-9-15(19)10-14/h7-10H,5-6,11-12H2,1-4H3,(H,20,22). The Hall–Kier alpha value is -2.48. The lowest BCUT2D eigenvalue weighted by Gasteiger charge is -2.33. The molecule has 1 aromatic rings. The van der Waals surface area contributed by atoms with Gasteiger partial charge in [-0.05, 0) is 38.6 Å². The van der Waals surface area contributed by atoms with Gasteiger partial charge in [-0.25, -0.2) is 14.0 Å². The Kier molecular flexibility index (Phi) is 8.18. The van der Waals surface area contributed by atoms with Crippen molar-refractivity contribution in [3.05, 3.63) is 35.6 Å². The van der Waals surface area contributed by atoms with Crippen molar-refractivity contribution in [1.29, 1.82) is 0 Å². The molecule has 144 valence electrons.